The Bertz CT molecular complexity index is 1100. The van der Waals surface area contributed by atoms with Gasteiger partial charge in [0.2, 0.25) is 11.9 Å². The highest BCUT2D eigenvalue weighted by Crippen LogP contribution is 2.27. The summed E-state index contributed by atoms with van der Waals surface area (Å²) in [5.41, 5.74) is 2.03. The van der Waals surface area contributed by atoms with Crippen LogP contribution in [0.2, 0.25) is 0 Å². The molecular weight excluding hydrogens is 418 g/mol. The lowest BCUT2D eigenvalue weighted by molar-refractivity contribution is -0.121. The standard InChI is InChI=1S/C25H31N5OS/c1-5-17(2)22-14-18(16-32-22)15-23(31)26-19-10-12-30(13-11-19)25-27-21-9-7-6-8-20(21)24(28-25)29(3)4/h5-9,14,16-17,19H,1,10-13,15H2,2-4H3,(H,26,31). The summed E-state index contributed by atoms with van der Waals surface area (Å²) in [6.45, 7) is 7.63. The van der Waals surface area contributed by atoms with Crippen LogP contribution in [-0.2, 0) is 11.2 Å². The number of benzene rings is 1. The summed E-state index contributed by atoms with van der Waals surface area (Å²) in [6, 6.07) is 10.4. The molecule has 1 amide bonds. The molecule has 32 heavy (non-hydrogen) atoms. The van der Waals surface area contributed by atoms with Crippen molar-refractivity contribution in [2.24, 2.45) is 0 Å². The number of hydrogen-bond donors (Lipinski definition) is 1. The van der Waals surface area contributed by atoms with Gasteiger partial charge in [-0.15, -0.1) is 17.9 Å². The second-order valence-corrected chi connectivity index (χ2v) is 9.59. The number of anilines is 2. The summed E-state index contributed by atoms with van der Waals surface area (Å²) in [6.07, 6.45) is 4.15. The maximum Gasteiger partial charge on any atom is 0.227 e. The first-order valence-electron chi connectivity index (χ1n) is 11.1. The van der Waals surface area contributed by atoms with Gasteiger partial charge < -0.3 is 15.1 Å². The third kappa shape index (κ3) is 4.93. The Hall–Kier alpha value is -2.93. The number of carbonyl (C=O) groups excluding carboxylic acids is 1. The molecule has 3 aromatic rings. The number of rotatable bonds is 7. The molecular formula is C25H31N5OS. The fraction of sp³-hybridized carbons (Fsp3) is 0.400. The minimum Gasteiger partial charge on any atom is -0.362 e. The number of hydrogen-bond acceptors (Lipinski definition) is 6. The number of fused-ring (bicyclic) bond motifs is 1. The Balaban J connectivity index is 1.35. The predicted octanol–water partition coefficient (Wildman–Crippen LogP) is 4.37. The van der Waals surface area contributed by atoms with Gasteiger partial charge in [-0.25, -0.2) is 4.98 Å². The average Bonchev–Trinajstić information content (AvgIpc) is 3.26. The van der Waals surface area contributed by atoms with Crippen LogP contribution in [0, 0.1) is 0 Å². The number of thiophene rings is 1. The van der Waals surface area contributed by atoms with Crippen LogP contribution in [0.25, 0.3) is 10.9 Å². The van der Waals surface area contributed by atoms with Crippen LogP contribution >= 0.6 is 11.3 Å². The SMILES string of the molecule is C=CC(C)c1cc(CC(=O)NC2CCN(c3nc(N(C)C)c4ccccc4n3)CC2)cs1. The minimum atomic E-state index is 0.0934. The van der Waals surface area contributed by atoms with Crippen molar-refractivity contribution in [3.05, 3.63) is 58.8 Å². The van der Waals surface area contributed by atoms with Gasteiger partial charge in [0.15, 0.2) is 0 Å². The molecule has 4 rings (SSSR count). The minimum absolute atomic E-state index is 0.0934. The van der Waals surface area contributed by atoms with Gasteiger partial charge in [-0.2, -0.15) is 4.98 Å². The summed E-state index contributed by atoms with van der Waals surface area (Å²) in [7, 11) is 4.02. The van der Waals surface area contributed by atoms with Crippen molar-refractivity contribution >= 4 is 39.9 Å². The number of carbonyl (C=O) groups is 1. The molecule has 1 aliphatic rings. The van der Waals surface area contributed by atoms with Crippen LogP contribution in [0.4, 0.5) is 11.8 Å². The summed E-state index contributed by atoms with van der Waals surface area (Å²) in [5, 5.41) is 6.36. The zero-order valence-corrected chi connectivity index (χ0v) is 19.9. The second kappa shape index (κ2) is 9.69. The molecule has 1 N–H and O–H groups in total. The van der Waals surface area contributed by atoms with Crippen molar-refractivity contribution in [3.8, 4) is 0 Å². The number of aromatic nitrogens is 2. The first kappa shape index (κ1) is 22.3. The molecule has 2 aromatic heterocycles. The van der Waals surface area contributed by atoms with Gasteiger partial charge >= 0.3 is 0 Å². The quantitative estimate of drug-likeness (QED) is 0.543. The van der Waals surface area contributed by atoms with Crippen LogP contribution in [0.5, 0.6) is 0 Å². The van der Waals surface area contributed by atoms with E-state index in [1.54, 1.807) is 11.3 Å². The van der Waals surface area contributed by atoms with Crippen molar-refractivity contribution in [3.63, 3.8) is 0 Å². The maximum absolute atomic E-state index is 12.6. The highest BCUT2D eigenvalue weighted by molar-refractivity contribution is 7.10. The lowest BCUT2D eigenvalue weighted by Gasteiger charge is -2.33. The molecule has 1 fully saturated rings. The largest absolute Gasteiger partial charge is 0.362 e. The summed E-state index contributed by atoms with van der Waals surface area (Å²) < 4.78 is 0. The molecule has 1 aromatic carbocycles. The van der Waals surface area contributed by atoms with E-state index in [4.69, 9.17) is 9.97 Å². The number of para-hydroxylation sites is 1. The Labute approximate surface area is 194 Å². The lowest BCUT2D eigenvalue weighted by Crippen LogP contribution is -2.45. The third-order valence-electron chi connectivity index (χ3n) is 5.98. The summed E-state index contributed by atoms with van der Waals surface area (Å²) in [4.78, 5) is 27.7. The first-order valence-corrected chi connectivity index (χ1v) is 12.0. The van der Waals surface area contributed by atoms with Gasteiger partial charge in [0.25, 0.3) is 0 Å². The van der Waals surface area contributed by atoms with Crippen LogP contribution in [-0.4, -0.2) is 49.1 Å². The van der Waals surface area contributed by atoms with Gasteiger partial charge in [0, 0.05) is 49.4 Å². The highest BCUT2D eigenvalue weighted by Gasteiger charge is 2.23. The molecule has 1 saturated heterocycles. The van der Waals surface area contributed by atoms with Crippen molar-refractivity contribution < 1.29 is 4.79 Å². The summed E-state index contributed by atoms with van der Waals surface area (Å²) >= 11 is 1.70. The van der Waals surface area contributed by atoms with Crippen LogP contribution < -0.4 is 15.1 Å². The monoisotopic (exact) mass is 449 g/mol. The molecule has 0 aliphatic carbocycles. The number of allylic oxidation sites excluding steroid dienone is 1. The Morgan fingerprint density at radius 1 is 1.31 bits per heavy atom. The molecule has 0 spiro atoms. The number of amides is 1. The molecule has 0 saturated carbocycles. The van der Waals surface area contributed by atoms with E-state index >= 15 is 0 Å². The zero-order chi connectivity index (χ0) is 22.7. The molecule has 168 valence electrons. The molecule has 3 heterocycles. The Morgan fingerprint density at radius 2 is 2.06 bits per heavy atom. The van der Waals surface area contributed by atoms with E-state index in [9.17, 15) is 4.79 Å². The van der Waals surface area contributed by atoms with Crippen LogP contribution in [0.15, 0.2) is 48.4 Å². The molecule has 1 unspecified atom stereocenters. The van der Waals surface area contributed by atoms with E-state index in [0.29, 0.717) is 12.3 Å². The van der Waals surface area contributed by atoms with E-state index in [1.807, 2.05) is 43.3 Å². The van der Waals surface area contributed by atoms with Crippen LogP contribution in [0.1, 0.15) is 36.1 Å². The van der Waals surface area contributed by atoms with Crippen molar-refractivity contribution in [1.82, 2.24) is 15.3 Å². The van der Waals surface area contributed by atoms with Crippen LogP contribution in [0.3, 0.4) is 0 Å². The van der Waals surface area contributed by atoms with Gasteiger partial charge in [-0.1, -0.05) is 25.1 Å². The second-order valence-electron chi connectivity index (χ2n) is 8.65. The molecule has 7 heteroatoms. The van der Waals surface area contributed by atoms with E-state index in [0.717, 1.165) is 54.2 Å². The van der Waals surface area contributed by atoms with Gasteiger partial charge in [-0.3, -0.25) is 4.79 Å². The zero-order valence-electron chi connectivity index (χ0n) is 19.0. The topological polar surface area (TPSA) is 61.4 Å². The molecule has 6 nitrogen and oxygen atoms in total. The molecule has 1 atom stereocenters. The predicted molar refractivity (Wildman–Crippen MR) is 134 cm³/mol. The Kier molecular flexibility index (Phi) is 6.74. The van der Waals surface area contributed by atoms with E-state index < -0.39 is 0 Å². The number of nitrogens with zero attached hydrogens (tertiary/aromatic N) is 4. The summed E-state index contributed by atoms with van der Waals surface area (Å²) in [5.74, 6) is 2.11. The molecule has 0 radical (unpaired) electrons. The Morgan fingerprint density at radius 3 is 2.78 bits per heavy atom. The van der Waals surface area contributed by atoms with E-state index in [1.165, 1.54) is 4.88 Å². The fourth-order valence-corrected chi connectivity index (χ4v) is 5.03. The third-order valence-corrected chi connectivity index (χ3v) is 7.16. The van der Waals surface area contributed by atoms with Crippen molar-refractivity contribution in [1.29, 1.82) is 0 Å². The molecule has 1 aliphatic heterocycles. The normalized spacial score (nSPS) is 15.5. The smallest absolute Gasteiger partial charge is 0.227 e. The van der Waals surface area contributed by atoms with E-state index in [-0.39, 0.29) is 11.9 Å². The molecule has 0 bridgehead atoms. The number of nitrogens with one attached hydrogen (secondary N) is 1. The van der Waals surface area contributed by atoms with Crippen molar-refractivity contribution in [2.45, 2.75) is 38.1 Å². The lowest BCUT2D eigenvalue weighted by atomic mass is 10.0. The highest BCUT2D eigenvalue weighted by atomic mass is 32.1. The van der Waals surface area contributed by atoms with Crippen molar-refractivity contribution in [2.75, 3.05) is 37.0 Å². The number of piperidine rings is 1. The average molecular weight is 450 g/mol. The van der Waals surface area contributed by atoms with Gasteiger partial charge in [-0.05, 0) is 42.0 Å². The maximum atomic E-state index is 12.6. The van der Waals surface area contributed by atoms with Gasteiger partial charge in [0.1, 0.15) is 5.82 Å². The van der Waals surface area contributed by atoms with Gasteiger partial charge in [0.05, 0.1) is 11.9 Å². The first-order chi connectivity index (χ1) is 15.4. The fourth-order valence-electron chi connectivity index (χ4n) is 4.06. The van der Waals surface area contributed by atoms with E-state index in [2.05, 4.69) is 41.2 Å².